The third kappa shape index (κ3) is 5.03. The minimum absolute atomic E-state index is 0.0734. The zero-order chi connectivity index (χ0) is 25.2. The zero-order valence-electron chi connectivity index (χ0n) is 19.2. The van der Waals surface area contributed by atoms with Gasteiger partial charge in [-0.3, -0.25) is 4.79 Å². The monoisotopic (exact) mass is 482 g/mol. The molecule has 5 atom stereocenters. The highest BCUT2D eigenvalue weighted by molar-refractivity contribution is 5.98. The summed E-state index contributed by atoms with van der Waals surface area (Å²) in [6, 6.07) is 0. The number of methoxy groups -OCH3 is 1. The van der Waals surface area contributed by atoms with Crippen LogP contribution in [0, 0.1) is 6.92 Å². The quantitative estimate of drug-likeness (QED) is 0.249. The number of aromatic hydroxyl groups is 1. The van der Waals surface area contributed by atoms with Crippen LogP contribution in [0.25, 0.3) is 0 Å². The molecule has 0 unspecified atom stereocenters. The van der Waals surface area contributed by atoms with Gasteiger partial charge in [-0.05, 0) is 32.3 Å². The van der Waals surface area contributed by atoms with Crippen LogP contribution in [0.2, 0.25) is 0 Å². The predicted octanol–water partition coefficient (Wildman–Crippen LogP) is -0.00828. The Labute approximate surface area is 196 Å². The molecule has 1 aromatic carbocycles. The van der Waals surface area contributed by atoms with Crippen molar-refractivity contribution in [1.29, 1.82) is 0 Å². The van der Waals surface area contributed by atoms with E-state index in [1.807, 2.05) is 0 Å². The summed E-state index contributed by atoms with van der Waals surface area (Å²) in [4.78, 5) is 24.2. The first kappa shape index (κ1) is 25.9. The van der Waals surface area contributed by atoms with E-state index in [0.29, 0.717) is 22.4 Å². The molecule has 0 aromatic heterocycles. The van der Waals surface area contributed by atoms with E-state index in [9.17, 15) is 35.1 Å². The van der Waals surface area contributed by atoms with E-state index in [2.05, 4.69) is 0 Å². The minimum Gasteiger partial charge on any atom is -0.507 e. The number of carbonyl (C=O) groups excluding carboxylic acids is 2. The molecule has 1 aromatic rings. The fourth-order valence-electron chi connectivity index (χ4n) is 4.06. The maximum atomic E-state index is 12.2. The number of cyclic esters (lactones) is 1. The van der Waals surface area contributed by atoms with Crippen molar-refractivity contribution in [2.45, 2.75) is 70.4 Å². The second-order valence-corrected chi connectivity index (χ2v) is 8.36. The number of phenolic OH excluding ortho intramolecular Hbond substituents is 1. The number of ether oxygens (including phenoxy) is 4. The number of aliphatic hydroxyl groups excluding tert-OH is 4. The third-order valence-electron chi connectivity index (χ3n) is 6.12. The molecular formula is C23H30O11. The summed E-state index contributed by atoms with van der Waals surface area (Å²) in [7, 11) is 1.47. The van der Waals surface area contributed by atoms with Crippen LogP contribution in [0.1, 0.15) is 46.8 Å². The maximum absolute atomic E-state index is 12.2. The Kier molecular flexibility index (Phi) is 8.16. The van der Waals surface area contributed by atoms with Crippen LogP contribution in [0.4, 0.5) is 0 Å². The molecule has 0 bridgehead atoms. The Morgan fingerprint density at radius 2 is 1.88 bits per heavy atom. The molecule has 11 nitrogen and oxygen atoms in total. The van der Waals surface area contributed by atoms with Crippen molar-refractivity contribution in [2.75, 3.05) is 13.7 Å². The summed E-state index contributed by atoms with van der Waals surface area (Å²) < 4.78 is 20.7. The van der Waals surface area contributed by atoms with Gasteiger partial charge in [-0.2, -0.15) is 0 Å². The van der Waals surface area contributed by atoms with E-state index in [0.717, 1.165) is 5.57 Å². The van der Waals surface area contributed by atoms with Crippen LogP contribution in [-0.4, -0.2) is 81.9 Å². The van der Waals surface area contributed by atoms with Crippen LogP contribution in [0.5, 0.6) is 11.5 Å². The third-order valence-corrected chi connectivity index (χ3v) is 6.12. The van der Waals surface area contributed by atoms with Gasteiger partial charge in [0.15, 0.2) is 0 Å². The van der Waals surface area contributed by atoms with Crippen LogP contribution in [-0.2, 0) is 32.0 Å². The molecule has 0 aliphatic carbocycles. The van der Waals surface area contributed by atoms with Crippen molar-refractivity contribution >= 4 is 11.9 Å². The van der Waals surface area contributed by atoms with E-state index >= 15 is 0 Å². The van der Waals surface area contributed by atoms with Crippen molar-refractivity contribution in [3.8, 4) is 11.5 Å². The van der Waals surface area contributed by atoms with Gasteiger partial charge in [0.25, 0.3) is 0 Å². The zero-order valence-corrected chi connectivity index (χ0v) is 19.2. The van der Waals surface area contributed by atoms with Crippen molar-refractivity contribution in [3.63, 3.8) is 0 Å². The Morgan fingerprint density at radius 3 is 2.53 bits per heavy atom. The molecule has 0 spiro atoms. The Hall–Kier alpha value is -2.70. The average molecular weight is 482 g/mol. The molecule has 0 saturated carbocycles. The second-order valence-electron chi connectivity index (χ2n) is 8.36. The number of hydrogen-bond acceptors (Lipinski definition) is 11. The smallest absolute Gasteiger partial charge is 0.342 e. The molecule has 2 aliphatic heterocycles. The molecule has 0 amide bonds. The lowest BCUT2D eigenvalue weighted by molar-refractivity contribution is -0.292. The highest BCUT2D eigenvalue weighted by atomic mass is 16.7. The first-order valence-electron chi connectivity index (χ1n) is 10.8. The molecule has 34 heavy (non-hydrogen) atoms. The number of benzene rings is 1. The molecule has 1 saturated heterocycles. The number of allylic oxidation sites excluding steroid dienone is 2. The predicted molar refractivity (Wildman–Crippen MR) is 115 cm³/mol. The average Bonchev–Trinajstić information content (AvgIpc) is 3.21. The summed E-state index contributed by atoms with van der Waals surface area (Å²) in [5.41, 5.74) is 2.67. The molecule has 3 rings (SSSR count). The fourth-order valence-corrected chi connectivity index (χ4v) is 4.06. The van der Waals surface area contributed by atoms with Gasteiger partial charge < -0.3 is 44.5 Å². The number of carbonyl (C=O) groups is 2. The molecule has 188 valence electrons. The summed E-state index contributed by atoms with van der Waals surface area (Å²) in [6.45, 7) is 3.01. The largest absolute Gasteiger partial charge is 0.507 e. The van der Waals surface area contributed by atoms with E-state index in [1.165, 1.54) is 7.11 Å². The lowest BCUT2D eigenvalue weighted by Gasteiger charge is -2.39. The topological polar surface area (TPSA) is 172 Å². The summed E-state index contributed by atoms with van der Waals surface area (Å²) in [5, 5.41) is 49.4. The Balaban J connectivity index is 1.62. The van der Waals surface area contributed by atoms with Crippen LogP contribution < -0.4 is 4.74 Å². The second kappa shape index (κ2) is 10.7. The van der Waals surface area contributed by atoms with Gasteiger partial charge in [0, 0.05) is 17.5 Å². The van der Waals surface area contributed by atoms with Crippen LogP contribution in [0.15, 0.2) is 11.6 Å². The van der Waals surface area contributed by atoms with E-state index < -0.39 is 49.3 Å². The maximum Gasteiger partial charge on any atom is 0.342 e. The number of hydrogen-bond donors (Lipinski definition) is 5. The van der Waals surface area contributed by atoms with Gasteiger partial charge >= 0.3 is 11.9 Å². The summed E-state index contributed by atoms with van der Waals surface area (Å²) in [6.07, 6.45) is -5.31. The van der Waals surface area contributed by atoms with E-state index in [1.54, 1.807) is 19.9 Å². The Morgan fingerprint density at radius 1 is 1.18 bits per heavy atom. The number of aliphatic hydroxyl groups is 4. The molecule has 0 radical (unpaired) electrons. The number of esters is 2. The first-order valence-corrected chi connectivity index (χ1v) is 10.8. The molecule has 5 N–H and O–H groups in total. The molecular weight excluding hydrogens is 452 g/mol. The van der Waals surface area contributed by atoms with Crippen molar-refractivity contribution in [1.82, 2.24) is 0 Å². The standard InChI is InChI=1S/C23H30O11/c1-10(5-7-15(25)34-23-20(29)19(28)18(27)14(8-24)33-23)4-6-12-17(26)16-13(9-32-22(16)30)11(2)21(12)31-3/h4,14,18-20,23-24,26-29H,5-9H2,1-3H3/b10-4+/t14-,18-,19+,20-,23+/m1/s1. The van der Waals surface area contributed by atoms with Crippen LogP contribution >= 0.6 is 0 Å². The van der Waals surface area contributed by atoms with E-state index in [-0.39, 0.29) is 37.2 Å². The molecule has 1 fully saturated rings. The van der Waals surface area contributed by atoms with Gasteiger partial charge in [-0.1, -0.05) is 11.6 Å². The SMILES string of the molecule is COc1c(C)c2c(c(O)c1C/C=C(\C)CCC(=O)O[C@@H]1O[C@H](CO)[C@@H](O)[C@H](O)[C@H]1O)C(=O)OC2. The highest BCUT2D eigenvalue weighted by Gasteiger charge is 2.45. The van der Waals surface area contributed by atoms with Gasteiger partial charge in [-0.25, -0.2) is 4.79 Å². The number of rotatable bonds is 8. The summed E-state index contributed by atoms with van der Waals surface area (Å²) >= 11 is 0. The fraction of sp³-hybridized carbons (Fsp3) is 0.565. The lowest BCUT2D eigenvalue weighted by Crippen LogP contribution is -2.59. The van der Waals surface area contributed by atoms with Gasteiger partial charge in [0.05, 0.1) is 13.7 Å². The van der Waals surface area contributed by atoms with Gasteiger partial charge in [0.2, 0.25) is 6.29 Å². The van der Waals surface area contributed by atoms with Crippen molar-refractivity contribution < 1.29 is 54.1 Å². The van der Waals surface area contributed by atoms with Crippen LogP contribution in [0.3, 0.4) is 0 Å². The molecule has 11 heteroatoms. The van der Waals surface area contributed by atoms with E-state index in [4.69, 9.17) is 18.9 Å². The number of fused-ring (bicyclic) bond motifs is 1. The first-order chi connectivity index (χ1) is 16.1. The minimum atomic E-state index is -1.66. The van der Waals surface area contributed by atoms with Gasteiger partial charge in [0.1, 0.15) is 48.1 Å². The summed E-state index contributed by atoms with van der Waals surface area (Å²) in [5.74, 6) is -1.03. The highest BCUT2D eigenvalue weighted by Crippen LogP contribution is 2.42. The van der Waals surface area contributed by atoms with Crippen molar-refractivity contribution in [2.24, 2.45) is 0 Å². The number of phenols is 1. The normalized spacial score (nSPS) is 26.7. The van der Waals surface area contributed by atoms with Crippen molar-refractivity contribution in [3.05, 3.63) is 33.9 Å². The van der Waals surface area contributed by atoms with Gasteiger partial charge in [-0.15, -0.1) is 0 Å². The molecule has 2 aliphatic rings. The Bertz CT molecular complexity index is 968. The molecule has 2 heterocycles. The lowest BCUT2D eigenvalue weighted by atomic mass is 9.94.